The van der Waals surface area contributed by atoms with E-state index in [9.17, 15) is 13.2 Å². The lowest BCUT2D eigenvalue weighted by atomic mass is 10.1. The quantitative estimate of drug-likeness (QED) is 0.320. The van der Waals surface area contributed by atoms with Gasteiger partial charge in [-0.15, -0.1) is 0 Å². The maximum atomic E-state index is 11.4. The van der Waals surface area contributed by atoms with Gasteiger partial charge in [-0.2, -0.15) is 8.42 Å². The Labute approximate surface area is 102 Å². The Morgan fingerprint density at radius 2 is 1.94 bits per heavy atom. The summed E-state index contributed by atoms with van der Waals surface area (Å²) in [5, 5.41) is 5.49. The molecule has 0 radical (unpaired) electrons. The Hall–Kier alpha value is -0.700. The highest BCUT2D eigenvalue weighted by Gasteiger charge is 2.26. The zero-order chi connectivity index (χ0) is 13.5. The van der Waals surface area contributed by atoms with Gasteiger partial charge in [0.25, 0.3) is 10.1 Å². The predicted molar refractivity (Wildman–Crippen MR) is 65.2 cm³/mol. The van der Waals surface area contributed by atoms with E-state index in [-0.39, 0.29) is 12.3 Å². The number of carbonyl (C=O) groups excluding carboxylic acids is 1. The van der Waals surface area contributed by atoms with Crippen molar-refractivity contribution in [1.82, 2.24) is 10.6 Å². The fraction of sp³-hybridized carbons (Fsp3) is 0.889. The average Bonchev–Trinajstić information content (AvgIpc) is 2.07. The summed E-state index contributed by atoms with van der Waals surface area (Å²) in [6.45, 7) is 4.67. The lowest BCUT2D eigenvalue weighted by Gasteiger charge is -2.24. The summed E-state index contributed by atoms with van der Waals surface area (Å²) in [4.78, 5) is 11.4. The van der Waals surface area contributed by atoms with Gasteiger partial charge in [-0.3, -0.25) is 9.35 Å². The standard InChI is InChI=1S/C9H21N3O4S/c1-9(2,7-17(14,15)16)12-8(13)3-5-11-6-4-10/h11H,3-7,10H2,1-2H3,(H,12,13)(H,14,15,16). The molecule has 0 saturated heterocycles. The molecule has 17 heavy (non-hydrogen) atoms. The van der Waals surface area contributed by atoms with Crippen molar-refractivity contribution in [2.45, 2.75) is 25.8 Å². The number of nitrogens with two attached hydrogens (primary N) is 1. The molecular formula is C9H21N3O4S. The summed E-state index contributed by atoms with van der Waals surface area (Å²) in [6.07, 6.45) is 0.231. The Balaban J connectivity index is 4.01. The topological polar surface area (TPSA) is 122 Å². The van der Waals surface area contributed by atoms with Crippen molar-refractivity contribution in [3.05, 3.63) is 0 Å². The third kappa shape index (κ3) is 10.2. The van der Waals surface area contributed by atoms with Crippen LogP contribution in [0.15, 0.2) is 0 Å². The molecule has 7 nitrogen and oxygen atoms in total. The van der Waals surface area contributed by atoms with Crippen LogP contribution < -0.4 is 16.4 Å². The van der Waals surface area contributed by atoms with Crippen molar-refractivity contribution in [2.75, 3.05) is 25.4 Å². The van der Waals surface area contributed by atoms with Gasteiger partial charge in [-0.1, -0.05) is 0 Å². The number of hydrogen-bond donors (Lipinski definition) is 4. The number of amides is 1. The largest absolute Gasteiger partial charge is 0.350 e. The molecular weight excluding hydrogens is 246 g/mol. The highest BCUT2D eigenvalue weighted by molar-refractivity contribution is 7.85. The molecule has 0 saturated carbocycles. The molecule has 0 bridgehead atoms. The molecule has 5 N–H and O–H groups in total. The van der Waals surface area contributed by atoms with E-state index < -0.39 is 21.4 Å². The van der Waals surface area contributed by atoms with Gasteiger partial charge in [-0.25, -0.2) is 0 Å². The van der Waals surface area contributed by atoms with Gasteiger partial charge in [-0.05, 0) is 13.8 Å². The first-order valence-corrected chi connectivity index (χ1v) is 6.94. The van der Waals surface area contributed by atoms with Crippen molar-refractivity contribution in [3.8, 4) is 0 Å². The van der Waals surface area contributed by atoms with Gasteiger partial charge < -0.3 is 16.4 Å². The van der Waals surface area contributed by atoms with Crippen molar-refractivity contribution in [1.29, 1.82) is 0 Å². The molecule has 0 aliphatic rings. The minimum absolute atomic E-state index is 0.231. The first-order chi connectivity index (χ1) is 7.66. The fourth-order valence-corrected chi connectivity index (χ4v) is 2.35. The number of carbonyl (C=O) groups is 1. The van der Waals surface area contributed by atoms with Gasteiger partial charge in [0.2, 0.25) is 5.91 Å². The minimum Gasteiger partial charge on any atom is -0.350 e. The SMILES string of the molecule is CC(C)(CS(=O)(=O)O)NC(=O)CCNCCN. The number of hydrogen-bond acceptors (Lipinski definition) is 5. The summed E-state index contributed by atoms with van der Waals surface area (Å²) in [5.74, 6) is -0.787. The molecule has 0 spiro atoms. The predicted octanol–water partition coefficient (Wildman–Crippen LogP) is -1.29. The van der Waals surface area contributed by atoms with Gasteiger partial charge in [0.15, 0.2) is 0 Å². The number of nitrogens with one attached hydrogen (secondary N) is 2. The van der Waals surface area contributed by atoms with Crippen LogP contribution in [0.1, 0.15) is 20.3 Å². The van der Waals surface area contributed by atoms with Crippen LogP contribution in [0.4, 0.5) is 0 Å². The van der Waals surface area contributed by atoms with Crippen LogP contribution in [-0.4, -0.2) is 49.8 Å². The van der Waals surface area contributed by atoms with E-state index in [1.165, 1.54) is 13.8 Å². The van der Waals surface area contributed by atoms with E-state index in [0.29, 0.717) is 19.6 Å². The first-order valence-electron chi connectivity index (χ1n) is 5.33. The molecule has 102 valence electrons. The van der Waals surface area contributed by atoms with Gasteiger partial charge >= 0.3 is 0 Å². The van der Waals surface area contributed by atoms with Crippen LogP contribution >= 0.6 is 0 Å². The van der Waals surface area contributed by atoms with E-state index in [1.54, 1.807) is 0 Å². The normalized spacial score (nSPS) is 12.5. The third-order valence-corrected chi connectivity index (χ3v) is 2.96. The Bertz CT molecular complexity index is 340. The Morgan fingerprint density at radius 3 is 2.41 bits per heavy atom. The molecule has 0 atom stereocenters. The van der Waals surface area contributed by atoms with Gasteiger partial charge in [0.1, 0.15) is 0 Å². The summed E-state index contributed by atoms with van der Waals surface area (Å²) in [7, 11) is -4.10. The summed E-state index contributed by atoms with van der Waals surface area (Å²) >= 11 is 0. The van der Waals surface area contributed by atoms with Crippen molar-refractivity contribution in [3.63, 3.8) is 0 Å². The Morgan fingerprint density at radius 1 is 1.35 bits per heavy atom. The zero-order valence-electron chi connectivity index (χ0n) is 10.2. The van der Waals surface area contributed by atoms with E-state index in [4.69, 9.17) is 10.3 Å². The van der Waals surface area contributed by atoms with Crippen molar-refractivity contribution >= 4 is 16.0 Å². The second kappa shape index (κ2) is 6.90. The molecule has 0 aliphatic heterocycles. The lowest BCUT2D eigenvalue weighted by molar-refractivity contribution is -0.122. The molecule has 0 unspecified atom stereocenters. The summed E-state index contributed by atoms with van der Waals surface area (Å²) < 4.78 is 30.1. The van der Waals surface area contributed by atoms with Crippen LogP contribution in [0.2, 0.25) is 0 Å². The minimum atomic E-state index is -4.10. The lowest BCUT2D eigenvalue weighted by Crippen LogP contribution is -2.48. The van der Waals surface area contributed by atoms with E-state index in [1.807, 2.05) is 0 Å². The van der Waals surface area contributed by atoms with Gasteiger partial charge in [0, 0.05) is 26.1 Å². The maximum Gasteiger partial charge on any atom is 0.267 e. The monoisotopic (exact) mass is 267 g/mol. The average molecular weight is 267 g/mol. The summed E-state index contributed by atoms with van der Waals surface area (Å²) in [6, 6.07) is 0. The fourth-order valence-electron chi connectivity index (χ4n) is 1.36. The summed E-state index contributed by atoms with van der Waals surface area (Å²) in [5.41, 5.74) is 4.27. The van der Waals surface area contributed by atoms with Crippen LogP contribution in [0.5, 0.6) is 0 Å². The third-order valence-electron chi connectivity index (χ3n) is 1.87. The molecule has 0 aromatic heterocycles. The van der Waals surface area contributed by atoms with Crippen LogP contribution in [0.25, 0.3) is 0 Å². The van der Waals surface area contributed by atoms with Crippen molar-refractivity contribution in [2.24, 2.45) is 5.73 Å². The molecule has 0 aliphatic carbocycles. The highest BCUT2D eigenvalue weighted by atomic mass is 32.2. The molecule has 0 aromatic carbocycles. The van der Waals surface area contributed by atoms with E-state index >= 15 is 0 Å². The smallest absolute Gasteiger partial charge is 0.267 e. The number of rotatable bonds is 8. The Kier molecular flexibility index (Phi) is 6.61. The molecule has 8 heteroatoms. The van der Waals surface area contributed by atoms with Crippen LogP contribution in [0, 0.1) is 0 Å². The second-order valence-corrected chi connectivity index (χ2v) is 5.90. The first kappa shape index (κ1) is 16.3. The highest BCUT2D eigenvalue weighted by Crippen LogP contribution is 2.05. The maximum absolute atomic E-state index is 11.4. The van der Waals surface area contributed by atoms with Crippen molar-refractivity contribution < 1.29 is 17.8 Å². The van der Waals surface area contributed by atoms with Gasteiger partial charge in [0.05, 0.1) is 11.3 Å². The molecule has 1 amide bonds. The van der Waals surface area contributed by atoms with Crippen LogP contribution in [0.3, 0.4) is 0 Å². The van der Waals surface area contributed by atoms with Crippen LogP contribution in [-0.2, 0) is 14.9 Å². The molecule has 0 rings (SSSR count). The molecule has 0 fully saturated rings. The molecule has 0 heterocycles. The zero-order valence-corrected chi connectivity index (χ0v) is 11.0. The second-order valence-electron chi connectivity index (χ2n) is 4.45. The van der Waals surface area contributed by atoms with E-state index in [2.05, 4.69) is 10.6 Å². The molecule has 0 aromatic rings. The van der Waals surface area contributed by atoms with E-state index in [0.717, 1.165) is 0 Å².